The first-order valence-electron chi connectivity index (χ1n) is 3.31. The van der Waals surface area contributed by atoms with Crippen molar-refractivity contribution in [1.82, 2.24) is 0 Å². The lowest BCUT2D eigenvalue weighted by atomic mass is 10.4. The molecule has 0 aromatic carbocycles. The molecule has 2 N–H and O–H groups in total. The van der Waals surface area contributed by atoms with Crippen molar-refractivity contribution in [3.63, 3.8) is 0 Å². The van der Waals surface area contributed by atoms with Crippen LogP contribution in [0.15, 0.2) is 16.1 Å². The van der Waals surface area contributed by atoms with Gasteiger partial charge < -0.3 is 5.73 Å². The highest BCUT2D eigenvalue weighted by Gasteiger charge is 1.95. The van der Waals surface area contributed by atoms with Crippen molar-refractivity contribution >= 4 is 32.9 Å². The Morgan fingerprint density at radius 3 is 2.64 bits per heavy atom. The minimum Gasteiger partial charge on any atom is -0.379 e. The van der Waals surface area contributed by atoms with E-state index in [1.54, 1.807) is 0 Å². The van der Waals surface area contributed by atoms with E-state index in [2.05, 4.69) is 27.5 Å². The Kier molecular flexibility index (Phi) is 5.68. The molecule has 64 valence electrons. The molecule has 2 nitrogen and oxygen atoms in total. The van der Waals surface area contributed by atoms with Crippen LogP contribution in [0.1, 0.15) is 13.8 Å². The molecule has 0 aliphatic rings. The van der Waals surface area contributed by atoms with Crippen LogP contribution in [-0.4, -0.2) is 17.0 Å². The first kappa shape index (κ1) is 11.0. The Morgan fingerprint density at radius 1 is 1.73 bits per heavy atom. The monoisotopic (exact) mass is 236 g/mol. The zero-order chi connectivity index (χ0) is 8.85. The number of amidine groups is 1. The lowest BCUT2D eigenvalue weighted by Crippen LogP contribution is -2.10. The summed E-state index contributed by atoms with van der Waals surface area (Å²) < 4.78 is 0.935. The summed E-state index contributed by atoms with van der Waals surface area (Å²) in [7, 11) is 0. The minimum absolute atomic E-state index is 0.270. The highest BCUT2D eigenvalue weighted by molar-refractivity contribution is 9.11. The van der Waals surface area contributed by atoms with E-state index in [-0.39, 0.29) is 6.04 Å². The van der Waals surface area contributed by atoms with E-state index in [1.807, 2.05) is 13.8 Å². The number of hydrogen-bond acceptors (Lipinski definition) is 2. The fourth-order valence-electron chi connectivity index (χ4n) is 0.444. The topological polar surface area (TPSA) is 38.4 Å². The molecule has 0 fully saturated rings. The van der Waals surface area contributed by atoms with Crippen molar-refractivity contribution in [2.75, 3.05) is 5.75 Å². The molecule has 0 aliphatic heterocycles. The van der Waals surface area contributed by atoms with Crippen molar-refractivity contribution in [3.8, 4) is 0 Å². The summed E-state index contributed by atoms with van der Waals surface area (Å²) in [5, 5.41) is 0.626. The van der Waals surface area contributed by atoms with Gasteiger partial charge in [-0.1, -0.05) is 34.3 Å². The molecular weight excluding hydrogens is 224 g/mol. The van der Waals surface area contributed by atoms with E-state index in [9.17, 15) is 0 Å². The number of halogens is 1. The fraction of sp³-hybridized carbons (Fsp3) is 0.571. The molecule has 0 bridgehead atoms. The normalized spacial score (nSPS) is 12.2. The average Bonchev–Trinajstić information content (AvgIpc) is 1.82. The van der Waals surface area contributed by atoms with Crippen LogP contribution in [0.2, 0.25) is 0 Å². The summed E-state index contributed by atoms with van der Waals surface area (Å²) in [5.74, 6) is 0.780. The summed E-state index contributed by atoms with van der Waals surface area (Å²) in [4.78, 5) is 4.14. The molecule has 0 amide bonds. The predicted octanol–water partition coefficient (Wildman–Crippen LogP) is 2.35. The number of nitrogens with two attached hydrogens (primary N) is 1. The Balaban J connectivity index is 3.68. The second-order valence-electron chi connectivity index (χ2n) is 2.37. The quantitative estimate of drug-likeness (QED) is 0.604. The van der Waals surface area contributed by atoms with Crippen LogP contribution in [0.4, 0.5) is 0 Å². The van der Waals surface area contributed by atoms with Crippen molar-refractivity contribution in [2.45, 2.75) is 19.9 Å². The Hall–Kier alpha value is 0.0400. The van der Waals surface area contributed by atoms with Gasteiger partial charge in [0.05, 0.1) is 0 Å². The summed E-state index contributed by atoms with van der Waals surface area (Å²) >= 11 is 4.74. The summed E-state index contributed by atoms with van der Waals surface area (Å²) in [6.45, 7) is 7.68. The van der Waals surface area contributed by atoms with Gasteiger partial charge in [-0.05, 0) is 18.3 Å². The third kappa shape index (κ3) is 7.94. The first-order valence-corrected chi connectivity index (χ1v) is 5.09. The highest BCUT2D eigenvalue weighted by Crippen LogP contribution is 2.11. The minimum atomic E-state index is 0.270. The standard InChI is InChI=1S/C7H13BrN2S/c1-5(2)10-7(9)11-4-6(3)8/h5H,3-4H2,1-2H3,(H2,9,10). The van der Waals surface area contributed by atoms with Gasteiger partial charge in [0.15, 0.2) is 5.17 Å². The molecule has 0 heterocycles. The Bertz CT molecular complexity index is 166. The van der Waals surface area contributed by atoms with Gasteiger partial charge in [-0.3, -0.25) is 4.99 Å². The predicted molar refractivity (Wildman–Crippen MR) is 57.3 cm³/mol. The zero-order valence-corrected chi connectivity index (χ0v) is 9.20. The molecule has 0 aromatic rings. The highest BCUT2D eigenvalue weighted by atomic mass is 79.9. The van der Waals surface area contributed by atoms with E-state index in [0.717, 1.165) is 10.2 Å². The zero-order valence-electron chi connectivity index (χ0n) is 6.80. The Morgan fingerprint density at radius 2 is 2.27 bits per heavy atom. The number of nitrogens with zero attached hydrogens (tertiary/aromatic N) is 1. The van der Waals surface area contributed by atoms with E-state index in [4.69, 9.17) is 5.73 Å². The molecule has 0 saturated heterocycles. The van der Waals surface area contributed by atoms with Gasteiger partial charge in [0, 0.05) is 11.8 Å². The maximum atomic E-state index is 5.57. The molecular formula is C7H13BrN2S. The van der Waals surface area contributed by atoms with E-state index in [1.165, 1.54) is 11.8 Å². The van der Waals surface area contributed by atoms with E-state index < -0.39 is 0 Å². The van der Waals surface area contributed by atoms with Crippen LogP contribution in [0, 0.1) is 0 Å². The van der Waals surface area contributed by atoms with Crippen molar-refractivity contribution < 1.29 is 0 Å². The SMILES string of the molecule is C=C(Br)CSC(N)=NC(C)C. The van der Waals surface area contributed by atoms with Gasteiger partial charge in [0.1, 0.15) is 0 Å². The molecule has 11 heavy (non-hydrogen) atoms. The number of thioether (sulfide) groups is 1. The van der Waals surface area contributed by atoms with Crippen molar-refractivity contribution in [2.24, 2.45) is 10.7 Å². The van der Waals surface area contributed by atoms with Crippen LogP contribution < -0.4 is 5.73 Å². The molecule has 4 heteroatoms. The summed E-state index contributed by atoms with van der Waals surface area (Å²) in [6.07, 6.45) is 0. The molecule has 0 rings (SSSR count). The van der Waals surface area contributed by atoms with Gasteiger partial charge in [0.2, 0.25) is 0 Å². The van der Waals surface area contributed by atoms with Gasteiger partial charge >= 0.3 is 0 Å². The molecule has 0 radical (unpaired) electrons. The maximum Gasteiger partial charge on any atom is 0.154 e. The van der Waals surface area contributed by atoms with Crippen LogP contribution in [0.5, 0.6) is 0 Å². The maximum absolute atomic E-state index is 5.57. The van der Waals surface area contributed by atoms with Crippen LogP contribution in [0.25, 0.3) is 0 Å². The second-order valence-corrected chi connectivity index (χ2v) is 4.48. The molecule has 0 aliphatic carbocycles. The lowest BCUT2D eigenvalue weighted by Gasteiger charge is -2.00. The summed E-state index contributed by atoms with van der Waals surface area (Å²) in [6, 6.07) is 0.270. The van der Waals surface area contributed by atoms with E-state index >= 15 is 0 Å². The van der Waals surface area contributed by atoms with Crippen LogP contribution in [0.3, 0.4) is 0 Å². The van der Waals surface area contributed by atoms with Crippen LogP contribution >= 0.6 is 27.7 Å². The second kappa shape index (κ2) is 5.66. The first-order chi connectivity index (χ1) is 5.02. The van der Waals surface area contributed by atoms with Crippen LogP contribution in [-0.2, 0) is 0 Å². The van der Waals surface area contributed by atoms with Gasteiger partial charge in [-0.2, -0.15) is 0 Å². The van der Waals surface area contributed by atoms with E-state index in [0.29, 0.717) is 5.17 Å². The van der Waals surface area contributed by atoms with Gasteiger partial charge in [-0.25, -0.2) is 0 Å². The fourth-order valence-corrected chi connectivity index (χ4v) is 1.38. The van der Waals surface area contributed by atoms with Gasteiger partial charge in [-0.15, -0.1) is 0 Å². The Labute approximate surface area is 80.5 Å². The van der Waals surface area contributed by atoms with Crippen molar-refractivity contribution in [3.05, 3.63) is 11.1 Å². The van der Waals surface area contributed by atoms with Gasteiger partial charge in [0.25, 0.3) is 0 Å². The summed E-state index contributed by atoms with van der Waals surface area (Å²) in [5.41, 5.74) is 5.57. The molecule has 0 unspecified atom stereocenters. The van der Waals surface area contributed by atoms with Crippen molar-refractivity contribution in [1.29, 1.82) is 0 Å². The smallest absolute Gasteiger partial charge is 0.154 e. The molecule has 0 saturated carbocycles. The lowest BCUT2D eigenvalue weighted by molar-refractivity contribution is 0.838. The number of aliphatic imine (C=N–C) groups is 1. The third-order valence-corrected chi connectivity index (χ3v) is 2.31. The molecule has 0 spiro atoms. The molecule has 0 atom stereocenters. The molecule has 0 aromatic heterocycles. The largest absolute Gasteiger partial charge is 0.379 e. The number of rotatable bonds is 3. The third-order valence-electron chi connectivity index (χ3n) is 0.762. The number of hydrogen-bond donors (Lipinski definition) is 1. The average molecular weight is 237 g/mol.